The van der Waals surface area contributed by atoms with Gasteiger partial charge in [-0.25, -0.2) is 18.0 Å². The monoisotopic (exact) mass is 257 g/mol. The maximum atomic E-state index is 13.1. The fourth-order valence-electron chi connectivity index (χ4n) is 1.91. The molecular weight excluding hydrogens is 247 g/mol. The summed E-state index contributed by atoms with van der Waals surface area (Å²) in [6.07, 6.45) is 0. The fraction of sp³-hybridized carbons (Fsp3) is 0.273. The lowest BCUT2D eigenvalue weighted by atomic mass is 10.0. The van der Waals surface area contributed by atoms with Gasteiger partial charge in [0.05, 0.1) is 0 Å². The molecule has 1 unspecified atom stereocenters. The summed E-state index contributed by atoms with van der Waals surface area (Å²) in [5.74, 6) is -4.27. The topological polar surface area (TPSA) is 58.7 Å². The molecule has 0 saturated heterocycles. The molecule has 0 aliphatic carbocycles. The molecule has 1 heterocycles. The first-order valence-corrected chi connectivity index (χ1v) is 5.24. The number of nitrogens with two attached hydrogens (primary N) is 1. The molecule has 2 N–H and O–H groups in total. The number of benzene rings is 1. The van der Waals surface area contributed by atoms with Gasteiger partial charge >= 0.3 is 6.03 Å². The van der Waals surface area contributed by atoms with Crippen LogP contribution in [0.1, 0.15) is 18.5 Å². The van der Waals surface area contributed by atoms with E-state index in [9.17, 15) is 18.0 Å². The van der Waals surface area contributed by atoms with E-state index in [-0.39, 0.29) is 17.9 Å². The molecule has 0 bridgehead atoms. The van der Waals surface area contributed by atoms with Crippen LogP contribution in [0.5, 0.6) is 0 Å². The summed E-state index contributed by atoms with van der Waals surface area (Å²) >= 11 is 0. The van der Waals surface area contributed by atoms with Crippen molar-refractivity contribution in [1.29, 1.82) is 0 Å². The van der Waals surface area contributed by atoms with Gasteiger partial charge in [0.1, 0.15) is 11.9 Å². The van der Waals surface area contributed by atoms with E-state index in [1.54, 1.807) is 6.92 Å². The fourth-order valence-corrected chi connectivity index (χ4v) is 1.91. The summed E-state index contributed by atoms with van der Waals surface area (Å²) in [7, 11) is 0. The van der Waals surface area contributed by atoms with Crippen molar-refractivity contribution in [2.75, 3.05) is 6.54 Å². The first kappa shape index (κ1) is 12.4. The van der Waals surface area contributed by atoms with E-state index in [0.717, 1.165) is 12.1 Å². The zero-order valence-corrected chi connectivity index (χ0v) is 9.45. The number of hydrogen-bond acceptors (Lipinski definition) is 2. The summed E-state index contributed by atoms with van der Waals surface area (Å²) in [6, 6.07) is 0.191. The molecule has 2 rings (SSSR count). The molecule has 1 aromatic rings. The lowest BCUT2D eigenvalue weighted by molar-refractivity contribution is 0.209. The van der Waals surface area contributed by atoms with Gasteiger partial charge in [0.25, 0.3) is 0 Å². The lowest BCUT2D eigenvalue weighted by Crippen LogP contribution is -2.33. The third kappa shape index (κ3) is 1.81. The molecule has 1 aliphatic rings. The van der Waals surface area contributed by atoms with Crippen LogP contribution >= 0.6 is 0 Å². The van der Waals surface area contributed by atoms with E-state index < -0.39 is 29.5 Å². The third-order valence-corrected chi connectivity index (χ3v) is 2.72. The Labute approximate surface area is 101 Å². The molecule has 0 fully saturated rings. The van der Waals surface area contributed by atoms with Gasteiger partial charge in [-0.05, 0) is 24.6 Å². The molecule has 18 heavy (non-hydrogen) atoms. The number of amidine groups is 1. The summed E-state index contributed by atoms with van der Waals surface area (Å²) in [6.45, 7) is 1.95. The minimum atomic E-state index is -1.55. The number of aliphatic imine (C=N–C) groups is 1. The number of likely N-dealkylation sites (N-methyl/N-ethyl adjacent to an activating group) is 1. The van der Waals surface area contributed by atoms with Gasteiger partial charge in [-0.2, -0.15) is 4.99 Å². The number of rotatable bonds is 2. The van der Waals surface area contributed by atoms with Crippen LogP contribution in [0.25, 0.3) is 0 Å². The van der Waals surface area contributed by atoms with Crippen molar-refractivity contribution in [3.8, 4) is 0 Å². The quantitative estimate of drug-likeness (QED) is 0.823. The Morgan fingerprint density at radius 2 is 1.89 bits per heavy atom. The van der Waals surface area contributed by atoms with E-state index in [4.69, 9.17) is 5.73 Å². The minimum Gasteiger partial charge on any atom is -0.385 e. The summed E-state index contributed by atoms with van der Waals surface area (Å²) in [4.78, 5) is 16.2. The molecule has 2 amide bonds. The lowest BCUT2D eigenvalue weighted by Gasteiger charge is -2.23. The van der Waals surface area contributed by atoms with Crippen molar-refractivity contribution in [1.82, 2.24) is 4.90 Å². The minimum absolute atomic E-state index is 0.0559. The number of hydrogen-bond donors (Lipinski definition) is 1. The van der Waals surface area contributed by atoms with Gasteiger partial charge in [-0.1, -0.05) is 0 Å². The van der Waals surface area contributed by atoms with Crippen LogP contribution in [0.4, 0.5) is 18.0 Å². The van der Waals surface area contributed by atoms with Crippen molar-refractivity contribution in [3.05, 3.63) is 35.1 Å². The van der Waals surface area contributed by atoms with Crippen LogP contribution in [0, 0.1) is 17.5 Å². The van der Waals surface area contributed by atoms with Crippen LogP contribution < -0.4 is 5.73 Å². The van der Waals surface area contributed by atoms with E-state index in [1.165, 1.54) is 4.90 Å². The van der Waals surface area contributed by atoms with Crippen molar-refractivity contribution in [2.24, 2.45) is 10.7 Å². The average Bonchev–Trinajstić information content (AvgIpc) is 2.59. The average molecular weight is 257 g/mol. The smallest absolute Gasteiger partial charge is 0.346 e. The molecule has 1 aliphatic heterocycles. The normalized spacial score (nSPS) is 19.3. The Kier molecular flexibility index (Phi) is 2.98. The maximum Gasteiger partial charge on any atom is 0.346 e. The Bertz CT molecular complexity index is 521. The second-order valence-electron chi connectivity index (χ2n) is 3.81. The standard InChI is InChI=1S/C11H10F3N3O/c1-2-17-9(10(15)16-11(17)18)5-3-6(12)8(14)7(13)4-5/h3-4,9H,2H2,1H3,(H2,15,16,18). The van der Waals surface area contributed by atoms with E-state index >= 15 is 0 Å². The zero-order chi connectivity index (χ0) is 13.4. The molecule has 0 spiro atoms. The number of amides is 2. The van der Waals surface area contributed by atoms with Crippen LogP contribution in [-0.4, -0.2) is 23.3 Å². The first-order chi connectivity index (χ1) is 8.45. The molecule has 96 valence electrons. The van der Waals surface area contributed by atoms with Crippen molar-refractivity contribution in [2.45, 2.75) is 13.0 Å². The summed E-state index contributed by atoms with van der Waals surface area (Å²) in [5.41, 5.74) is 5.61. The second-order valence-corrected chi connectivity index (χ2v) is 3.81. The molecule has 0 saturated carbocycles. The number of carbonyl (C=O) groups is 1. The van der Waals surface area contributed by atoms with Gasteiger partial charge in [0.2, 0.25) is 0 Å². The van der Waals surface area contributed by atoms with Crippen LogP contribution in [0.15, 0.2) is 17.1 Å². The molecule has 0 radical (unpaired) electrons. The van der Waals surface area contributed by atoms with E-state index in [0.29, 0.717) is 0 Å². The van der Waals surface area contributed by atoms with Crippen LogP contribution in [0.2, 0.25) is 0 Å². The molecule has 0 aromatic heterocycles. The Morgan fingerprint density at radius 1 is 1.33 bits per heavy atom. The van der Waals surface area contributed by atoms with Gasteiger partial charge < -0.3 is 10.6 Å². The third-order valence-electron chi connectivity index (χ3n) is 2.72. The predicted molar refractivity (Wildman–Crippen MR) is 58.5 cm³/mol. The van der Waals surface area contributed by atoms with Gasteiger partial charge in [-0.15, -0.1) is 0 Å². The Morgan fingerprint density at radius 3 is 2.39 bits per heavy atom. The first-order valence-electron chi connectivity index (χ1n) is 5.24. The van der Waals surface area contributed by atoms with Crippen molar-refractivity contribution >= 4 is 11.9 Å². The van der Waals surface area contributed by atoms with Gasteiger partial charge in [0, 0.05) is 6.54 Å². The predicted octanol–water partition coefficient (Wildman–Crippen LogP) is 1.96. The van der Waals surface area contributed by atoms with Crippen LogP contribution in [0.3, 0.4) is 0 Å². The summed E-state index contributed by atoms with van der Waals surface area (Å²) in [5, 5.41) is 0. The summed E-state index contributed by atoms with van der Waals surface area (Å²) < 4.78 is 39.2. The molecular formula is C11H10F3N3O. The number of nitrogens with zero attached hydrogens (tertiary/aromatic N) is 2. The Balaban J connectivity index is 2.49. The molecule has 4 nitrogen and oxygen atoms in total. The highest BCUT2D eigenvalue weighted by molar-refractivity contribution is 6.03. The highest BCUT2D eigenvalue weighted by Crippen LogP contribution is 2.28. The van der Waals surface area contributed by atoms with Crippen LogP contribution in [-0.2, 0) is 0 Å². The Hall–Kier alpha value is -2.05. The van der Waals surface area contributed by atoms with E-state index in [2.05, 4.69) is 4.99 Å². The number of halogens is 3. The largest absolute Gasteiger partial charge is 0.385 e. The SMILES string of the molecule is CCN1C(=O)N=C(N)C1c1cc(F)c(F)c(F)c1. The highest BCUT2D eigenvalue weighted by atomic mass is 19.2. The number of urea groups is 1. The molecule has 1 aromatic carbocycles. The van der Waals surface area contributed by atoms with Crippen molar-refractivity contribution in [3.63, 3.8) is 0 Å². The van der Waals surface area contributed by atoms with Gasteiger partial charge in [-0.3, -0.25) is 0 Å². The molecule has 7 heteroatoms. The highest BCUT2D eigenvalue weighted by Gasteiger charge is 2.34. The van der Waals surface area contributed by atoms with Crippen molar-refractivity contribution < 1.29 is 18.0 Å². The molecule has 1 atom stereocenters. The van der Waals surface area contributed by atoms with Gasteiger partial charge in [0.15, 0.2) is 17.5 Å². The zero-order valence-electron chi connectivity index (χ0n) is 9.45. The number of carbonyl (C=O) groups excluding carboxylic acids is 1. The van der Waals surface area contributed by atoms with E-state index in [1.807, 2.05) is 0 Å². The maximum absolute atomic E-state index is 13.1. The second kappa shape index (κ2) is 4.32.